The van der Waals surface area contributed by atoms with Crippen molar-refractivity contribution in [2.45, 2.75) is 13.0 Å². The van der Waals surface area contributed by atoms with Crippen LogP contribution in [-0.2, 0) is 16.0 Å². The van der Waals surface area contributed by atoms with E-state index in [0.717, 1.165) is 38.2 Å². The molecule has 0 atom stereocenters. The molecule has 1 aromatic rings. The Kier molecular flexibility index (Phi) is 7.25. The first kappa shape index (κ1) is 15.8. The van der Waals surface area contributed by atoms with Gasteiger partial charge in [0.05, 0.1) is 12.3 Å². The molecule has 0 aliphatic heterocycles. The molecule has 108 valence electrons. The molecule has 0 amide bonds. The van der Waals surface area contributed by atoms with Crippen molar-refractivity contribution < 1.29 is 14.6 Å². The summed E-state index contributed by atoms with van der Waals surface area (Å²) in [5.41, 5.74) is 7.21. The van der Waals surface area contributed by atoms with Crippen LogP contribution in [0, 0.1) is 0 Å². The average Bonchev–Trinajstić information content (AvgIpc) is 2.40. The van der Waals surface area contributed by atoms with Crippen molar-refractivity contribution in [3.8, 4) is 5.75 Å². The summed E-state index contributed by atoms with van der Waals surface area (Å²) in [4.78, 5) is 2.29. The minimum Gasteiger partial charge on any atom is -0.506 e. The summed E-state index contributed by atoms with van der Waals surface area (Å²) >= 11 is 0. The van der Waals surface area contributed by atoms with Gasteiger partial charge in [-0.1, -0.05) is 6.07 Å². The van der Waals surface area contributed by atoms with Gasteiger partial charge in [0, 0.05) is 40.5 Å². The Morgan fingerprint density at radius 2 is 1.89 bits per heavy atom. The van der Waals surface area contributed by atoms with E-state index in [0.29, 0.717) is 12.3 Å². The lowest BCUT2D eigenvalue weighted by atomic mass is 10.1. The number of rotatable bonds is 9. The van der Waals surface area contributed by atoms with Crippen molar-refractivity contribution in [1.82, 2.24) is 4.90 Å². The largest absolute Gasteiger partial charge is 0.506 e. The molecule has 0 bridgehead atoms. The third kappa shape index (κ3) is 5.92. The fourth-order valence-corrected chi connectivity index (χ4v) is 1.88. The Balaban J connectivity index is 2.56. The Morgan fingerprint density at radius 3 is 2.53 bits per heavy atom. The van der Waals surface area contributed by atoms with Crippen molar-refractivity contribution in [2.75, 3.05) is 46.3 Å². The van der Waals surface area contributed by atoms with Gasteiger partial charge in [-0.25, -0.2) is 0 Å². The topological polar surface area (TPSA) is 68.0 Å². The molecule has 0 saturated carbocycles. The molecule has 0 radical (unpaired) electrons. The lowest BCUT2D eigenvalue weighted by molar-refractivity contribution is 0.129. The fraction of sp³-hybridized carbons (Fsp3) is 0.571. The number of nitrogens with two attached hydrogens (primary N) is 1. The van der Waals surface area contributed by atoms with Crippen LogP contribution in [0.25, 0.3) is 0 Å². The molecule has 19 heavy (non-hydrogen) atoms. The summed E-state index contributed by atoms with van der Waals surface area (Å²) < 4.78 is 10.2. The molecule has 5 heteroatoms. The number of anilines is 1. The molecule has 0 heterocycles. The van der Waals surface area contributed by atoms with Crippen LogP contribution in [0.15, 0.2) is 18.2 Å². The number of phenols is 1. The number of hydrogen-bond donors (Lipinski definition) is 2. The monoisotopic (exact) mass is 268 g/mol. The SMILES string of the molecule is COCCCN(CCOC)Cc1ccc(O)c(N)c1. The zero-order valence-corrected chi connectivity index (χ0v) is 11.8. The molecule has 5 nitrogen and oxygen atoms in total. The van der Waals surface area contributed by atoms with Crippen molar-refractivity contribution in [1.29, 1.82) is 0 Å². The van der Waals surface area contributed by atoms with Crippen LogP contribution in [-0.4, -0.2) is 50.5 Å². The molecule has 0 aromatic heterocycles. The molecule has 3 N–H and O–H groups in total. The van der Waals surface area contributed by atoms with Crippen LogP contribution in [0.4, 0.5) is 5.69 Å². The standard InChI is InChI=1S/C14H24N2O3/c1-18-8-3-6-16(7-9-19-2)11-12-4-5-14(17)13(15)10-12/h4-5,10,17H,3,6-9,11,15H2,1-2H3. The summed E-state index contributed by atoms with van der Waals surface area (Å²) in [6.07, 6.45) is 0.980. The maximum atomic E-state index is 9.42. The number of methoxy groups -OCH3 is 2. The van der Waals surface area contributed by atoms with E-state index >= 15 is 0 Å². The quantitative estimate of drug-likeness (QED) is 0.403. The van der Waals surface area contributed by atoms with E-state index in [9.17, 15) is 5.11 Å². The minimum atomic E-state index is 0.131. The second-order valence-electron chi connectivity index (χ2n) is 4.51. The normalized spacial score (nSPS) is 11.1. The van der Waals surface area contributed by atoms with E-state index in [1.54, 1.807) is 20.3 Å². The minimum absolute atomic E-state index is 0.131. The summed E-state index contributed by atoms with van der Waals surface area (Å²) in [5.74, 6) is 0.131. The van der Waals surface area contributed by atoms with Crippen LogP contribution < -0.4 is 5.73 Å². The summed E-state index contributed by atoms with van der Waals surface area (Å²) in [5, 5.41) is 9.42. The molecule has 0 aliphatic carbocycles. The predicted molar refractivity (Wildman–Crippen MR) is 76.2 cm³/mol. The summed E-state index contributed by atoms with van der Waals surface area (Å²) in [6.45, 7) is 4.04. The zero-order valence-electron chi connectivity index (χ0n) is 11.8. The highest BCUT2D eigenvalue weighted by Crippen LogP contribution is 2.21. The Morgan fingerprint density at radius 1 is 1.16 bits per heavy atom. The van der Waals surface area contributed by atoms with Crippen LogP contribution >= 0.6 is 0 Å². The number of ether oxygens (including phenoxy) is 2. The number of benzene rings is 1. The van der Waals surface area contributed by atoms with Gasteiger partial charge in [0.25, 0.3) is 0 Å². The Labute approximate surface area is 114 Å². The number of phenolic OH excluding ortho intramolecular Hbond substituents is 1. The van der Waals surface area contributed by atoms with Crippen molar-refractivity contribution in [3.05, 3.63) is 23.8 Å². The number of aromatic hydroxyl groups is 1. The van der Waals surface area contributed by atoms with Gasteiger partial charge in [-0.15, -0.1) is 0 Å². The van der Waals surface area contributed by atoms with E-state index < -0.39 is 0 Å². The third-order valence-electron chi connectivity index (χ3n) is 2.93. The summed E-state index contributed by atoms with van der Waals surface area (Å²) in [7, 11) is 3.41. The molecule has 0 saturated heterocycles. The highest BCUT2D eigenvalue weighted by atomic mass is 16.5. The van der Waals surface area contributed by atoms with Crippen molar-refractivity contribution in [3.63, 3.8) is 0 Å². The molecule has 0 spiro atoms. The van der Waals surface area contributed by atoms with Gasteiger partial charge in [-0.3, -0.25) is 4.90 Å². The first-order chi connectivity index (χ1) is 9.17. The number of nitrogens with zero attached hydrogens (tertiary/aromatic N) is 1. The predicted octanol–water partition coefficient (Wildman–Crippen LogP) is 1.46. The van der Waals surface area contributed by atoms with Gasteiger partial charge < -0.3 is 20.3 Å². The third-order valence-corrected chi connectivity index (χ3v) is 2.93. The maximum absolute atomic E-state index is 9.42. The van der Waals surface area contributed by atoms with Crippen molar-refractivity contribution >= 4 is 5.69 Å². The first-order valence-electron chi connectivity index (χ1n) is 6.45. The molecule has 1 aromatic carbocycles. The average molecular weight is 268 g/mol. The van der Waals surface area contributed by atoms with Crippen LogP contribution in [0.1, 0.15) is 12.0 Å². The first-order valence-corrected chi connectivity index (χ1v) is 6.45. The Bertz CT molecular complexity index is 372. The maximum Gasteiger partial charge on any atom is 0.138 e. The van der Waals surface area contributed by atoms with E-state index in [2.05, 4.69) is 4.90 Å². The molecule has 0 fully saturated rings. The second-order valence-corrected chi connectivity index (χ2v) is 4.51. The fourth-order valence-electron chi connectivity index (χ4n) is 1.88. The molecule has 1 rings (SSSR count). The lowest BCUT2D eigenvalue weighted by Crippen LogP contribution is -2.28. The van der Waals surface area contributed by atoms with E-state index in [1.165, 1.54) is 0 Å². The van der Waals surface area contributed by atoms with Gasteiger partial charge in [0.1, 0.15) is 5.75 Å². The van der Waals surface area contributed by atoms with E-state index in [4.69, 9.17) is 15.2 Å². The van der Waals surface area contributed by atoms with Gasteiger partial charge in [-0.05, 0) is 24.1 Å². The molecule has 0 aliphatic rings. The molecule has 0 unspecified atom stereocenters. The zero-order chi connectivity index (χ0) is 14.1. The smallest absolute Gasteiger partial charge is 0.138 e. The highest BCUT2D eigenvalue weighted by Gasteiger charge is 2.07. The van der Waals surface area contributed by atoms with Gasteiger partial charge in [-0.2, -0.15) is 0 Å². The van der Waals surface area contributed by atoms with E-state index in [1.807, 2.05) is 12.1 Å². The van der Waals surface area contributed by atoms with E-state index in [-0.39, 0.29) is 5.75 Å². The van der Waals surface area contributed by atoms with Crippen molar-refractivity contribution in [2.24, 2.45) is 0 Å². The molecular formula is C14H24N2O3. The van der Waals surface area contributed by atoms with Gasteiger partial charge in [0.2, 0.25) is 0 Å². The van der Waals surface area contributed by atoms with Crippen LogP contribution in [0.3, 0.4) is 0 Å². The number of nitrogen functional groups attached to an aromatic ring is 1. The van der Waals surface area contributed by atoms with Gasteiger partial charge in [0.15, 0.2) is 0 Å². The second kappa shape index (κ2) is 8.74. The van der Waals surface area contributed by atoms with Crippen LogP contribution in [0.2, 0.25) is 0 Å². The molecular weight excluding hydrogens is 244 g/mol. The van der Waals surface area contributed by atoms with Gasteiger partial charge >= 0.3 is 0 Å². The number of hydrogen-bond acceptors (Lipinski definition) is 5. The van der Waals surface area contributed by atoms with Crippen LogP contribution in [0.5, 0.6) is 5.75 Å². The highest BCUT2D eigenvalue weighted by molar-refractivity contribution is 5.53. The summed E-state index contributed by atoms with van der Waals surface area (Å²) in [6, 6.07) is 5.33. The lowest BCUT2D eigenvalue weighted by Gasteiger charge is -2.22. The Hall–Kier alpha value is -1.30.